The summed E-state index contributed by atoms with van der Waals surface area (Å²) in [4.78, 5) is 28.9. The monoisotopic (exact) mass is 1430 g/mol. The van der Waals surface area contributed by atoms with Gasteiger partial charge in [0.15, 0.2) is 11.6 Å². The molecular weight excluding hydrogens is 1360 g/mol. The fourth-order valence-electron chi connectivity index (χ4n) is 17.4. The Morgan fingerprint density at radius 3 is 0.884 bits per heavy atom. The molecule has 3 aliphatic rings. The number of benzene rings is 14. The van der Waals surface area contributed by atoms with Crippen molar-refractivity contribution in [3.63, 3.8) is 0 Å². The summed E-state index contributed by atoms with van der Waals surface area (Å²) < 4.78 is 0. The zero-order chi connectivity index (χ0) is 74.7. The predicted molar refractivity (Wildman–Crippen MR) is 459 cm³/mol. The lowest BCUT2D eigenvalue weighted by Crippen LogP contribution is -2.25. The highest BCUT2D eigenvalue weighted by Gasteiger charge is 2.52. The standard InChI is InChI=1S/C58H37N3.C48H35N3/c1-2-13-42(14-3-1)57-60-54(36-55(61-57)41-32-28-39(29-33-41)45-17-12-34-59-37-45)40-30-26-38(27-31-40)43-15-10-16-44(35-43)46-21-11-25-53-56(46)49-20-6-9-24-52(49)58(53)50-22-7-4-18-47(50)48-19-5-8-23-51(48)58;1-48(2)42-18-7-6-16-41(42)46-40(17-9-19-43(46)48)38-14-8-13-37(29-38)32-20-24-34(25-21-32)44-30-45(51-47(50-44)36-11-4-3-5-12-36)35-26-22-33(23-27-35)39-15-10-28-49-31-39/h1-37H;3-31H,1-2H3. The lowest BCUT2D eigenvalue weighted by molar-refractivity contribution is 0.660. The van der Waals surface area contributed by atoms with Crippen molar-refractivity contribution in [3.8, 4) is 168 Å². The molecule has 0 fully saturated rings. The Bertz CT molecular complexity index is 6550. The molecule has 0 saturated carbocycles. The summed E-state index contributed by atoms with van der Waals surface area (Å²) in [5, 5.41) is 0. The third-order valence-electron chi connectivity index (χ3n) is 22.9. The molecule has 6 nitrogen and oxygen atoms in total. The van der Waals surface area contributed by atoms with E-state index in [1.54, 1.807) is 12.4 Å². The summed E-state index contributed by atoms with van der Waals surface area (Å²) in [5.41, 5.74) is 39.4. The molecule has 0 saturated heterocycles. The van der Waals surface area contributed by atoms with E-state index in [1.165, 1.54) is 100 Å². The average Bonchev–Trinajstić information content (AvgIpc) is 1.51. The summed E-state index contributed by atoms with van der Waals surface area (Å²) in [6, 6.07) is 135. The van der Waals surface area contributed by atoms with Crippen LogP contribution in [0.5, 0.6) is 0 Å². The van der Waals surface area contributed by atoms with Crippen LogP contribution in [0.3, 0.4) is 0 Å². The van der Waals surface area contributed by atoms with E-state index in [9.17, 15) is 0 Å². The second-order valence-electron chi connectivity index (χ2n) is 29.6. The highest BCUT2D eigenvalue weighted by molar-refractivity contribution is 6.01. The fraction of sp³-hybridized carbons (Fsp3) is 0.0377. The van der Waals surface area contributed by atoms with E-state index in [2.05, 4.69) is 351 Å². The van der Waals surface area contributed by atoms with Gasteiger partial charge in [-0.2, -0.15) is 0 Å². The van der Waals surface area contributed by atoms with Gasteiger partial charge in [0.25, 0.3) is 0 Å². The molecule has 1 spiro atoms. The van der Waals surface area contributed by atoms with Crippen LogP contribution in [0.15, 0.2) is 401 Å². The lowest BCUT2D eigenvalue weighted by Gasteiger charge is -2.30. The molecule has 0 aliphatic heterocycles. The van der Waals surface area contributed by atoms with Crippen LogP contribution in [0.25, 0.3) is 168 Å². The van der Waals surface area contributed by atoms with Gasteiger partial charge in [0.05, 0.1) is 28.2 Å². The Hall–Kier alpha value is -14.5. The van der Waals surface area contributed by atoms with Gasteiger partial charge < -0.3 is 0 Å². The molecule has 112 heavy (non-hydrogen) atoms. The molecule has 3 aliphatic carbocycles. The van der Waals surface area contributed by atoms with Gasteiger partial charge in [-0.1, -0.05) is 354 Å². The molecule has 0 atom stereocenters. The van der Waals surface area contributed by atoms with Gasteiger partial charge in [0.1, 0.15) is 0 Å². The summed E-state index contributed by atoms with van der Waals surface area (Å²) >= 11 is 0. The molecule has 6 heteroatoms. The lowest BCUT2D eigenvalue weighted by atomic mass is 9.70. The van der Waals surface area contributed by atoms with E-state index in [1.807, 2.05) is 60.9 Å². The van der Waals surface area contributed by atoms with Crippen molar-refractivity contribution < 1.29 is 0 Å². The third kappa shape index (κ3) is 11.8. The molecular formula is C106H72N6. The van der Waals surface area contributed by atoms with Gasteiger partial charge in [-0.3, -0.25) is 9.97 Å². The number of hydrogen-bond donors (Lipinski definition) is 0. The molecule has 18 aromatic rings. The fourth-order valence-corrected chi connectivity index (χ4v) is 17.4. The maximum Gasteiger partial charge on any atom is 0.160 e. The number of aromatic nitrogens is 6. The first-order chi connectivity index (χ1) is 55.3. The van der Waals surface area contributed by atoms with Crippen LogP contribution in [-0.2, 0) is 10.8 Å². The molecule has 4 heterocycles. The Labute approximate surface area is 652 Å². The smallest absolute Gasteiger partial charge is 0.160 e. The van der Waals surface area contributed by atoms with Crippen molar-refractivity contribution in [2.75, 3.05) is 0 Å². The topological polar surface area (TPSA) is 77.3 Å². The van der Waals surface area contributed by atoms with Crippen molar-refractivity contribution >= 4 is 0 Å². The average molecular weight is 1430 g/mol. The minimum absolute atomic E-state index is 0.0278. The molecule has 0 amide bonds. The van der Waals surface area contributed by atoms with Crippen LogP contribution in [0.4, 0.5) is 0 Å². The highest BCUT2D eigenvalue weighted by atomic mass is 14.9. The molecule has 21 rings (SSSR count). The van der Waals surface area contributed by atoms with Gasteiger partial charge in [0.2, 0.25) is 0 Å². The molecule has 14 aromatic carbocycles. The van der Waals surface area contributed by atoms with E-state index in [0.29, 0.717) is 11.6 Å². The second kappa shape index (κ2) is 28.0. The predicted octanol–water partition coefficient (Wildman–Crippen LogP) is 26.4. The molecule has 526 valence electrons. The van der Waals surface area contributed by atoms with Gasteiger partial charge in [0, 0.05) is 63.6 Å². The van der Waals surface area contributed by atoms with Crippen molar-refractivity contribution in [2.24, 2.45) is 0 Å². The molecule has 4 aromatic heterocycles. The maximum atomic E-state index is 5.11. The summed E-state index contributed by atoms with van der Waals surface area (Å²) in [7, 11) is 0. The Morgan fingerprint density at radius 1 is 0.188 bits per heavy atom. The maximum absolute atomic E-state index is 5.11. The first-order valence-corrected chi connectivity index (χ1v) is 38.3. The van der Waals surface area contributed by atoms with Crippen molar-refractivity contribution in [1.29, 1.82) is 0 Å². The van der Waals surface area contributed by atoms with E-state index in [-0.39, 0.29) is 10.8 Å². The number of hydrogen-bond acceptors (Lipinski definition) is 6. The number of rotatable bonds is 12. The van der Waals surface area contributed by atoms with E-state index >= 15 is 0 Å². The SMILES string of the molecule is CC1(C)c2ccccc2-c2c(-c3cccc(-c4ccc(-c5cc(-c6ccc(-c7cccnc7)cc6)nc(-c6ccccc6)n5)cc4)c3)cccc21.c1ccc(-c2nc(-c3ccc(-c4cccnc4)cc3)cc(-c3ccc(-c4cccc(-c5cccc6c5-c5ccccc5C65c6ccccc6-c6ccccc65)c4)cc3)n2)cc1. The Morgan fingerprint density at radius 2 is 0.473 bits per heavy atom. The van der Waals surface area contributed by atoms with Gasteiger partial charge >= 0.3 is 0 Å². The Balaban J connectivity index is 0.000000148. The first kappa shape index (κ1) is 66.9. The van der Waals surface area contributed by atoms with Gasteiger partial charge in [-0.15, -0.1) is 0 Å². The van der Waals surface area contributed by atoms with Crippen LogP contribution >= 0.6 is 0 Å². The minimum Gasteiger partial charge on any atom is -0.264 e. The van der Waals surface area contributed by atoms with Crippen molar-refractivity contribution in [1.82, 2.24) is 29.9 Å². The summed E-state index contributed by atoms with van der Waals surface area (Å²) in [5.74, 6) is 1.40. The molecule has 0 radical (unpaired) electrons. The van der Waals surface area contributed by atoms with Gasteiger partial charge in [-0.25, -0.2) is 19.9 Å². The van der Waals surface area contributed by atoms with Crippen molar-refractivity contribution in [2.45, 2.75) is 24.7 Å². The van der Waals surface area contributed by atoms with Crippen LogP contribution in [0.2, 0.25) is 0 Å². The minimum atomic E-state index is -0.368. The number of fused-ring (bicyclic) bond motifs is 13. The zero-order valence-corrected chi connectivity index (χ0v) is 61.8. The second-order valence-corrected chi connectivity index (χ2v) is 29.6. The van der Waals surface area contributed by atoms with Crippen LogP contribution in [-0.4, -0.2) is 29.9 Å². The normalized spacial score (nSPS) is 12.7. The third-order valence-corrected chi connectivity index (χ3v) is 22.9. The molecule has 0 unspecified atom stereocenters. The highest BCUT2D eigenvalue weighted by Crippen LogP contribution is 2.64. The van der Waals surface area contributed by atoms with E-state index in [4.69, 9.17) is 19.9 Å². The van der Waals surface area contributed by atoms with E-state index < -0.39 is 0 Å². The Kier molecular flexibility index (Phi) is 16.7. The van der Waals surface area contributed by atoms with Gasteiger partial charge in [-0.05, 0) is 170 Å². The molecule has 0 N–H and O–H groups in total. The van der Waals surface area contributed by atoms with Crippen LogP contribution in [0.1, 0.15) is 47.2 Å². The largest absolute Gasteiger partial charge is 0.264 e. The van der Waals surface area contributed by atoms with E-state index in [0.717, 1.165) is 89.5 Å². The van der Waals surface area contributed by atoms with Crippen LogP contribution in [0, 0.1) is 0 Å². The number of pyridine rings is 2. The summed E-state index contributed by atoms with van der Waals surface area (Å²) in [6.45, 7) is 4.67. The quantitative estimate of drug-likeness (QED) is 0.121. The first-order valence-electron chi connectivity index (χ1n) is 38.3. The van der Waals surface area contributed by atoms with Crippen LogP contribution < -0.4 is 0 Å². The summed E-state index contributed by atoms with van der Waals surface area (Å²) in [6.07, 6.45) is 7.37. The molecule has 0 bridgehead atoms. The zero-order valence-electron chi connectivity index (χ0n) is 61.8. The number of nitrogens with zero attached hydrogens (tertiary/aromatic N) is 6. The van der Waals surface area contributed by atoms with Crippen molar-refractivity contribution in [3.05, 3.63) is 434 Å².